The molecule has 0 bridgehead atoms. The lowest BCUT2D eigenvalue weighted by molar-refractivity contribution is -0.275. The average Bonchev–Trinajstić information content (AvgIpc) is 2.45. The van der Waals surface area contributed by atoms with Crippen LogP contribution in [0.3, 0.4) is 0 Å². The van der Waals surface area contributed by atoms with Crippen molar-refractivity contribution in [3.63, 3.8) is 0 Å². The third kappa shape index (κ3) is 4.00. The van der Waals surface area contributed by atoms with Gasteiger partial charge in [0.1, 0.15) is 12.4 Å². The van der Waals surface area contributed by atoms with E-state index >= 15 is 0 Å². The van der Waals surface area contributed by atoms with E-state index in [1.54, 1.807) is 26.1 Å². The van der Waals surface area contributed by atoms with E-state index in [1.165, 1.54) is 18.3 Å². The lowest BCUT2D eigenvalue weighted by atomic mass is 10.1. The summed E-state index contributed by atoms with van der Waals surface area (Å²) in [5.41, 5.74) is 1.45. The first kappa shape index (κ1) is 15.9. The Kier molecular flexibility index (Phi) is 4.69. The van der Waals surface area contributed by atoms with Gasteiger partial charge in [-0.3, -0.25) is 0 Å². The van der Waals surface area contributed by atoms with Crippen molar-refractivity contribution in [3.8, 4) is 11.6 Å². The summed E-state index contributed by atoms with van der Waals surface area (Å²) in [7, 11) is 1.60. The summed E-state index contributed by atoms with van der Waals surface area (Å²) in [6, 6.07) is 6.02. The first-order valence-corrected chi connectivity index (χ1v) is 6.37. The highest BCUT2D eigenvalue weighted by Crippen LogP contribution is 2.32. The minimum Gasteiger partial charge on any atom is -0.471 e. The summed E-state index contributed by atoms with van der Waals surface area (Å²) in [5.74, 6) is -0.0627. The summed E-state index contributed by atoms with van der Waals surface area (Å²) in [4.78, 5) is 0. The summed E-state index contributed by atoms with van der Waals surface area (Å²) < 4.78 is 46.9. The molecule has 0 unspecified atom stereocenters. The molecule has 0 spiro atoms. The quantitative estimate of drug-likeness (QED) is 0.918. The molecule has 2 rings (SSSR count). The van der Waals surface area contributed by atoms with Gasteiger partial charge in [0, 0.05) is 18.3 Å². The van der Waals surface area contributed by atoms with Gasteiger partial charge in [0.15, 0.2) is 0 Å². The minimum absolute atomic E-state index is 0.137. The van der Waals surface area contributed by atoms with E-state index in [0.717, 1.165) is 5.56 Å². The Morgan fingerprint density at radius 1 is 1.23 bits per heavy atom. The zero-order valence-corrected chi connectivity index (χ0v) is 11.9. The normalized spacial score (nSPS) is 11.1. The lowest BCUT2D eigenvalue weighted by Crippen LogP contribution is -2.19. The standard InChI is InChI=1S/C14H14F3N3O2/c1-9-6-7-19-20-13(9)21-8-10-11(18-2)4-3-5-12(10)22-14(15,16)17/h3-7,18H,8H2,1-2H3. The molecule has 1 aromatic carbocycles. The van der Waals surface area contributed by atoms with Gasteiger partial charge in [-0.25, -0.2) is 0 Å². The number of hydrogen-bond donors (Lipinski definition) is 1. The lowest BCUT2D eigenvalue weighted by Gasteiger charge is -2.17. The molecule has 0 saturated carbocycles. The second-order valence-electron chi connectivity index (χ2n) is 4.39. The fourth-order valence-corrected chi connectivity index (χ4v) is 1.83. The SMILES string of the molecule is CNc1cccc(OC(F)(F)F)c1COc1nnccc1C. The summed E-state index contributed by atoms with van der Waals surface area (Å²) in [6.45, 7) is 1.63. The van der Waals surface area contributed by atoms with E-state index in [4.69, 9.17) is 4.74 Å². The molecule has 0 radical (unpaired) electrons. The molecule has 118 valence electrons. The van der Waals surface area contributed by atoms with Crippen LogP contribution in [0.15, 0.2) is 30.5 Å². The van der Waals surface area contributed by atoms with E-state index in [2.05, 4.69) is 20.3 Å². The van der Waals surface area contributed by atoms with Crippen LogP contribution in [0.25, 0.3) is 0 Å². The van der Waals surface area contributed by atoms with Crippen LogP contribution in [0.5, 0.6) is 11.6 Å². The highest BCUT2D eigenvalue weighted by Gasteiger charge is 2.32. The zero-order chi connectivity index (χ0) is 16.2. The molecule has 0 aliphatic carbocycles. The van der Waals surface area contributed by atoms with Crippen molar-refractivity contribution >= 4 is 5.69 Å². The highest BCUT2D eigenvalue weighted by atomic mass is 19.4. The molecule has 0 fully saturated rings. The summed E-state index contributed by atoms with van der Waals surface area (Å²) >= 11 is 0. The first-order chi connectivity index (χ1) is 10.4. The third-order valence-electron chi connectivity index (χ3n) is 2.86. The van der Waals surface area contributed by atoms with Gasteiger partial charge in [-0.2, -0.15) is 5.10 Å². The highest BCUT2D eigenvalue weighted by molar-refractivity contribution is 5.57. The largest absolute Gasteiger partial charge is 0.573 e. The molecule has 0 amide bonds. The number of rotatable bonds is 5. The molecule has 2 aromatic rings. The van der Waals surface area contributed by atoms with Gasteiger partial charge in [-0.1, -0.05) is 6.07 Å². The number of benzene rings is 1. The van der Waals surface area contributed by atoms with Crippen molar-refractivity contribution in [2.45, 2.75) is 19.9 Å². The van der Waals surface area contributed by atoms with Crippen LogP contribution in [0, 0.1) is 6.92 Å². The van der Waals surface area contributed by atoms with Crippen LogP contribution in [-0.4, -0.2) is 23.6 Å². The van der Waals surface area contributed by atoms with Gasteiger partial charge in [0.05, 0.1) is 11.8 Å². The molecule has 0 atom stereocenters. The van der Waals surface area contributed by atoms with E-state index < -0.39 is 6.36 Å². The first-order valence-electron chi connectivity index (χ1n) is 6.37. The molecule has 8 heteroatoms. The fraction of sp³-hybridized carbons (Fsp3) is 0.286. The number of anilines is 1. The Morgan fingerprint density at radius 2 is 2.00 bits per heavy atom. The Hall–Kier alpha value is -2.51. The number of alkyl halides is 3. The van der Waals surface area contributed by atoms with Crippen LogP contribution in [-0.2, 0) is 6.61 Å². The van der Waals surface area contributed by atoms with E-state index in [9.17, 15) is 13.2 Å². The van der Waals surface area contributed by atoms with Gasteiger partial charge >= 0.3 is 6.36 Å². The van der Waals surface area contributed by atoms with E-state index in [1.807, 2.05) is 0 Å². The van der Waals surface area contributed by atoms with Crippen molar-refractivity contribution in [1.82, 2.24) is 10.2 Å². The molecular formula is C14H14F3N3O2. The molecule has 0 aliphatic heterocycles. The van der Waals surface area contributed by atoms with Crippen molar-refractivity contribution in [2.75, 3.05) is 12.4 Å². The average molecular weight is 313 g/mol. The number of nitrogens with one attached hydrogen (secondary N) is 1. The molecule has 22 heavy (non-hydrogen) atoms. The summed E-state index contributed by atoms with van der Waals surface area (Å²) in [6.07, 6.45) is -3.27. The van der Waals surface area contributed by atoms with Gasteiger partial charge in [0.25, 0.3) is 0 Å². The van der Waals surface area contributed by atoms with Gasteiger partial charge in [-0.05, 0) is 25.1 Å². The van der Waals surface area contributed by atoms with Crippen LogP contribution in [0.1, 0.15) is 11.1 Å². The number of hydrogen-bond acceptors (Lipinski definition) is 5. The topological polar surface area (TPSA) is 56.3 Å². The monoisotopic (exact) mass is 313 g/mol. The number of halogens is 3. The smallest absolute Gasteiger partial charge is 0.471 e. The van der Waals surface area contributed by atoms with Crippen molar-refractivity contribution in [1.29, 1.82) is 0 Å². The van der Waals surface area contributed by atoms with Crippen LogP contribution >= 0.6 is 0 Å². The Morgan fingerprint density at radius 3 is 2.64 bits per heavy atom. The summed E-state index contributed by atoms with van der Waals surface area (Å²) in [5, 5.41) is 10.3. The maximum absolute atomic E-state index is 12.5. The molecule has 1 aromatic heterocycles. The van der Waals surface area contributed by atoms with Gasteiger partial charge < -0.3 is 14.8 Å². The predicted octanol–water partition coefficient (Wildman–Crippen LogP) is 3.30. The van der Waals surface area contributed by atoms with E-state index in [0.29, 0.717) is 5.69 Å². The van der Waals surface area contributed by atoms with E-state index in [-0.39, 0.29) is 23.8 Å². The number of nitrogens with zero attached hydrogens (tertiary/aromatic N) is 2. The van der Waals surface area contributed by atoms with Crippen molar-refractivity contribution in [3.05, 3.63) is 41.6 Å². The van der Waals surface area contributed by atoms with Crippen LogP contribution in [0.4, 0.5) is 18.9 Å². The predicted molar refractivity (Wildman–Crippen MR) is 73.8 cm³/mol. The molecule has 1 N–H and O–H groups in total. The van der Waals surface area contributed by atoms with Crippen LogP contribution < -0.4 is 14.8 Å². The second-order valence-corrected chi connectivity index (χ2v) is 4.39. The number of ether oxygens (including phenoxy) is 2. The van der Waals surface area contributed by atoms with Crippen molar-refractivity contribution < 1.29 is 22.6 Å². The molecular weight excluding hydrogens is 299 g/mol. The zero-order valence-electron chi connectivity index (χ0n) is 11.9. The number of aromatic nitrogens is 2. The minimum atomic E-state index is -4.77. The Labute approximate surface area is 125 Å². The molecule has 0 aliphatic rings. The third-order valence-corrected chi connectivity index (χ3v) is 2.86. The van der Waals surface area contributed by atoms with Crippen LogP contribution in [0.2, 0.25) is 0 Å². The number of aryl methyl sites for hydroxylation is 1. The van der Waals surface area contributed by atoms with Gasteiger partial charge in [-0.15, -0.1) is 18.3 Å². The maximum Gasteiger partial charge on any atom is 0.573 e. The van der Waals surface area contributed by atoms with Gasteiger partial charge in [0.2, 0.25) is 5.88 Å². The Balaban J connectivity index is 2.26. The Bertz CT molecular complexity index is 647. The fourth-order valence-electron chi connectivity index (χ4n) is 1.83. The van der Waals surface area contributed by atoms with Crippen molar-refractivity contribution in [2.24, 2.45) is 0 Å². The maximum atomic E-state index is 12.5. The second kappa shape index (κ2) is 6.50. The molecule has 0 saturated heterocycles. The molecule has 5 nitrogen and oxygen atoms in total. The molecule has 1 heterocycles.